The van der Waals surface area contributed by atoms with Crippen molar-refractivity contribution in [3.8, 4) is 5.82 Å². The lowest BCUT2D eigenvalue weighted by molar-refractivity contribution is 0.278. The van der Waals surface area contributed by atoms with E-state index in [4.69, 9.17) is 5.73 Å². The molecule has 0 radical (unpaired) electrons. The lowest BCUT2D eigenvalue weighted by Gasteiger charge is -2.34. The maximum atomic E-state index is 6.31. The number of pyridine rings is 1. The van der Waals surface area contributed by atoms with Gasteiger partial charge >= 0.3 is 0 Å². The summed E-state index contributed by atoms with van der Waals surface area (Å²) < 4.78 is 3.17. The van der Waals surface area contributed by atoms with Crippen molar-refractivity contribution in [1.82, 2.24) is 9.55 Å². The molecule has 1 unspecified atom stereocenters. The van der Waals surface area contributed by atoms with Gasteiger partial charge in [0.05, 0.1) is 4.47 Å². The second kappa shape index (κ2) is 4.46. The van der Waals surface area contributed by atoms with Gasteiger partial charge in [-0.05, 0) is 57.9 Å². The highest BCUT2D eigenvalue weighted by Gasteiger charge is 2.32. The molecule has 1 aliphatic carbocycles. The molecule has 2 aromatic heterocycles. The molecule has 19 heavy (non-hydrogen) atoms. The summed E-state index contributed by atoms with van der Waals surface area (Å²) in [7, 11) is 0. The van der Waals surface area contributed by atoms with Crippen molar-refractivity contribution < 1.29 is 0 Å². The molecule has 0 aromatic carbocycles. The zero-order chi connectivity index (χ0) is 13.6. The molecule has 0 bridgehead atoms. The molecule has 0 spiro atoms. The molecule has 0 amide bonds. The van der Waals surface area contributed by atoms with Crippen LogP contribution in [0, 0.1) is 5.41 Å². The molecule has 3 rings (SSSR count). The number of aromatic nitrogens is 2. The van der Waals surface area contributed by atoms with Crippen molar-refractivity contribution in [2.75, 3.05) is 0 Å². The summed E-state index contributed by atoms with van der Waals surface area (Å²) in [6.45, 7) is 4.56. The van der Waals surface area contributed by atoms with E-state index in [2.05, 4.69) is 51.6 Å². The standard InChI is InChI=1S/C15H18BrN3/c1-15(2)8-12(17)10-5-7-19(13(10)9-15)14-11(16)4-3-6-18-14/h3-7,12H,8-9,17H2,1-2H3. The molecule has 0 fully saturated rings. The van der Waals surface area contributed by atoms with Gasteiger partial charge in [-0.3, -0.25) is 0 Å². The maximum absolute atomic E-state index is 6.31. The minimum Gasteiger partial charge on any atom is -0.324 e. The predicted octanol–water partition coefficient (Wildman–Crippen LogP) is 3.61. The van der Waals surface area contributed by atoms with E-state index in [9.17, 15) is 0 Å². The van der Waals surface area contributed by atoms with Crippen molar-refractivity contribution in [2.24, 2.45) is 11.1 Å². The second-order valence-electron chi connectivity index (χ2n) is 6.05. The second-order valence-corrected chi connectivity index (χ2v) is 6.90. The van der Waals surface area contributed by atoms with Crippen molar-refractivity contribution in [3.05, 3.63) is 46.3 Å². The van der Waals surface area contributed by atoms with E-state index in [-0.39, 0.29) is 11.5 Å². The Labute approximate surface area is 122 Å². The van der Waals surface area contributed by atoms with Crippen molar-refractivity contribution in [3.63, 3.8) is 0 Å². The fourth-order valence-electron chi connectivity index (χ4n) is 2.99. The lowest BCUT2D eigenvalue weighted by atomic mass is 9.74. The van der Waals surface area contributed by atoms with E-state index < -0.39 is 0 Å². The summed E-state index contributed by atoms with van der Waals surface area (Å²) >= 11 is 3.57. The third kappa shape index (κ3) is 2.23. The maximum Gasteiger partial charge on any atom is 0.151 e. The van der Waals surface area contributed by atoms with Gasteiger partial charge < -0.3 is 10.3 Å². The van der Waals surface area contributed by atoms with Gasteiger partial charge in [0, 0.05) is 24.1 Å². The van der Waals surface area contributed by atoms with Gasteiger partial charge in [-0.1, -0.05) is 13.8 Å². The molecule has 0 aliphatic heterocycles. The number of hydrogen-bond donors (Lipinski definition) is 1. The molecule has 0 saturated heterocycles. The zero-order valence-corrected chi connectivity index (χ0v) is 12.8. The molecule has 100 valence electrons. The lowest BCUT2D eigenvalue weighted by Crippen LogP contribution is -2.30. The van der Waals surface area contributed by atoms with Gasteiger partial charge in [-0.2, -0.15) is 0 Å². The van der Waals surface area contributed by atoms with Gasteiger partial charge in [-0.15, -0.1) is 0 Å². The van der Waals surface area contributed by atoms with E-state index in [0.717, 1.165) is 23.1 Å². The summed E-state index contributed by atoms with van der Waals surface area (Å²) in [5.41, 5.74) is 9.10. The van der Waals surface area contributed by atoms with Crippen molar-refractivity contribution in [1.29, 1.82) is 0 Å². The highest BCUT2D eigenvalue weighted by molar-refractivity contribution is 9.10. The highest BCUT2D eigenvalue weighted by atomic mass is 79.9. The molecule has 1 aliphatic rings. The van der Waals surface area contributed by atoms with Crippen molar-refractivity contribution >= 4 is 15.9 Å². The Hall–Kier alpha value is -1.13. The number of hydrogen-bond acceptors (Lipinski definition) is 2. The molecular weight excluding hydrogens is 302 g/mol. The average Bonchev–Trinajstić information content (AvgIpc) is 2.72. The fraction of sp³-hybridized carbons (Fsp3) is 0.400. The van der Waals surface area contributed by atoms with Crippen LogP contribution in [0.15, 0.2) is 35.1 Å². The SMILES string of the molecule is CC1(C)Cc2c(ccn2-c2ncccc2Br)C(N)C1. The molecule has 3 nitrogen and oxygen atoms in total. The Balaban J connectivity index is 2.14. The number of rotatable bonds is 1. The van der Waals surface area contributed by atoms with E-state index in [1.165, 1.54) is 11.3 Å². The number of halogens is 1. The Morgan fingerprint density at radius 1 is 1.42 bits per heavy atom. The van der Waals surface area contributed by atoms with E-state index >= 15 is 0 Å². The molecule has 4 heteroatoms. The van der Waals surface area contributed by atoms with Crippen LogP contribution in [-0.4, -0.2) is 9.55 Å². The minimum absolute atomic E-state index is 0.127. The molecule has 2 heterocycles. The van der Waals surface area contributed by atoms with Crippen LogP contribution in [0.25, 0.3) is 5.82 Å². The molecule has 2 N–H and O–H groups in total. The Morgan fingerprint density at radius 2 is 2.21 bits per heavy atom. The van der Waals surface area contributed by atoms with E-state index in [1.54, 1.807) is 0 Å². The van der Waals surface area contributed by atoms with Gasteiger partial charge in [0.1, 0.15) is 0 Å². The first-order valence-corrected chi connectivity index (χ1v) is 7.34. The van der Waals surface area contributed by atoms with Gasteiger partial charge in [0.25, 0.3) is 0 Å². The van der Waals surface area contributed by atoms with Gasteiger partial charge in [0.15, 0.2) is 5.82 Å². The van der Waals surface area contributed by atoms with Gasteiger partial charge in [0.2, 0.25) is 0 Å². The molecular formula is C15H18BrN3. The Kier molecular flexibility index (Phi) is 3.02. The topological polar surface area (TPSA) is 43.8 Å². The largest absolute Gasteiger partial charge is 0.324 e. The van der Waals surface area contributed by atoms with Crippen LogP contribution in [0.2, 0.25) is 0 Å². The van der Waals surface area contributed by atoms with Crippen LogP contribution in [0.5, 0.6) is 0 Å². The first-order valence-electron chi connectivity index (χ1n) is 6.54. The summed E-state index contributed by atoms with van der Waals surface area (Å²) in [6.07, 6.45) is 5.97. The Bertz CT molecular complexity index is 616. The number of nitrogens with zero attached hydrogens (tertiary/aromatic N) is 2. The molecule has 0 saturated carbocycles. The van der Waals surface area contributed by atoms with E-state index in [0.29, 0.717) is 0 Å². The summed E-state index contributed by atoms with van der Waals surface area (Å²) in [5, 5.41) is 0. The predicted molar refractivity (Wildman–Crippen MR) is 80.3 cm³/mol. The van der Waals surface area contributed by atoms with Crippen LogP contribution < -0.4 is 5.73 Å². The fourth-order valence-corrected chi connectivity index (χ4v) is 3.43. The van der Waals surface area contributed by atoms with E-state index in [1.807, 2.05) is 18.3 Å². The molecule has 2 aromatic rings. The number of nitrogens with two attached hydrogens (primary N) is 1. The van der Waals surface area contributed by atoms with Crippen LogP contribution >= 0.6 is 15.9 Å². The average molecular weight is 320 g/mol. The zero-order valence-electron chi connectivity index (χ0n) is 11.2. The van der Waals surface area contributed by atoms with Crippen LogP contribution in [0.1, 0.15) is 37.6 Å². The molecule has 1 atom stereocenters. The third-order valence-electron chi connectivity index (χ3n) is 3.81. The smallest absolute Gasteiger partial charge is 0.151 e. The quantitative estimate of drug-likeness (QED) is 0.872. The monoisotopic (exact) mass is 319 g/mol. The first-order chi connectivity index (χ1) is 8.98. The minimum atomic E-state index is 0.127. The summed E-state index contributed by atoms with van der Waals surface area (Å²) in [4.78, 5) is 4.48. The normalized spacial score (nSPS) is 21.2. The Morgan fingerprint density at radius 3 is 2.95 bits per heavy atom. The van der Waals surface area contributed by atoms with Crippen LogP contribution in [0.3, 0.4) is 0 Å². The van der Waals surface area contributed by atoms with Crippen LogP contribution in [-0.2, 0) is 6.42 Å². The highest BCUT2D eigenvalue weighted by Crippen LogP contribution is 2.41. The third-order valence-corrected chi connectivity index (χ3v) is 4.43. The first kappa shape index (κ1) is 12.9. The van der Waals surface area contributed by atoms with Crippen LogP contribution in [0.4, 0.5) is 0 Å². The summed E-state index contributed by atoms with van der Waals surface area (Å²) in [6, 6.07) is 6.21. The number of fused-ring (bicyclic) bond motifs is 1. The summed E-state index contributed by atoms with van der Waals surface area (Å²) in [5.74, 6) is 0.939. The van der Waals surface area contributed by atoms with Gasteiger partial charge in [-0.25, -0.2) is 4.98 Å². The van der Waals surface area contributed by atoms with Crippen molar-refractivity contribution in [2.45, 2.75) is 32.7 Å².